The minimum absolute atomic E-state index is 0.106. The zero-order chi connectivity index (χ0) is 27.8. The highest BCUT2D eigenvalue weighted by Gasteiger charge is 2.36. The van der Waals surface area contributed by atoms with E-state index in [1.54, 1.807) is 4.90 Å². The van der Waals surface area contributed by atoms with Crippen LogP contribution in [0.15, 0.2) is 36.9 Å². The Labute approximate surface area is 237 Å². The Hall–Kier alpha value is -3.64. The molecule has 210 valence electrons. The standard InChI is InChI=1S/C31H40N8O/c1-4-29(40)39-18-17-36(21-25(39)11-14-32)30-26-10-9-23(38-16-12-22-7-5-6-8-28(22)38)19-27(26)33-31(34-30)37-15-13-24(20-37)35(2)3/h4-8,23-25H,1,9-13,15-21H2,2-3H3. The van der Waals surface area contributed by atoms with Crippen LogP contribution < -0.4 is 14.7 Å². The molecule has 0 bridgehead atoms. The van der Waals surface area contributed by atoms with Gasteiger partial charge in [0.1, 0.15) is 5.82 Å². The van der Waals surface area contributed by atoms with Gasteiger partial charge in [0, 0.05) is 69.0 Å². The van der Waals surface area contributed by atoms with Crippen LogP contribution >= 0.6 is 0 Å². The van der Waals surface area contributed by atoms with Gasteiger partial charge in [0.15, 0.2) is 0 Å². The smallest absolute Gasteiger partial charge is 0.246 e. The van der Waals surface area contributed by atoms with E-state index in [9.17, 15) is 10.1 Å². The maximum Gasteiger partial charge on any atom is 0.246 e. The van der Waals surface area contributed by atoms with Crippen LogP contribution in [0.5, 0.6) is 0 Å². The fourth-order valence-corrected chi connectivity index (χ4v) is 7.06. The van der Waals surface area contributed by atoms with E-state index in [4.69, 9.17) is 9.97 Å². The molecule has 4 heterocycles. The summed E-state index contributed by atoms with van der Waals surface area (Å²) in [7, 11) is 4.29. The topological polar surface area (TPSA) is 82.8 Å². The zero-order valence-corrected chi connectivity index (χ0v) is 23.8. The number of benzene rings is 1. The predicted octanol–water partition coefficient (Wildman–Crippen LogP) is 2.65. The molecular weight excluding hydrogens is 500 g/mol. The molecule has 1 amide bonds. The van der Waals surface area contributed by atoms with Gasteiger partial charge in [-0.25, -0.2) is 4.98 Å². The molecule has 40 heavy (non-hydrogen) atoms. The number of carbonyl (C=O) groups is 1. The molecule has 0 N–H and O–H groups in total. The SMILES string of the molecule is C=CC(=O)N1CCN(c2nc(N3CCC(N(C)C)C3)nc3c2CCC(N2CCc4ccccc42)C3)CC1CC#N. The van der Waals surface area contributed by atoms with E-state index in [0.717, 1.165) is 69.2 Å². The van der Waals surface area contributed by atoms with Crippen molar-refractivity contribution in [3.05, 3.63) is 53.7 Å². The molecule has 0 saturated carbocycles. The fourth-order valence-electron chi connectivity index (χ4n) is 7.06. The first-order valence-electron chi connectivity index (χ1n) is 14.7. The van der Waals surface area contributed by atoms with Crippen molar-refractivity contribution in [3.63, 3.8) is 0 Å². The fraction of sp³-hybridized carbons (Fsp3) is 0.548. The van der Waals surface area contributed by atoms with Gasteiger partial charge in [-0.2, -0.15) is 10.2 Å². The average Bonchev–Trinajstić information content (AvgIpc) is 3.64. The third-order valence-corrected chi connectivity index (χ3v) is 9.32. The molecule has 1 aromatic heterocycles. The maximum absolute atomic E-state index is 12.5. The predicted molar refractivity (Wildman–Crippen MR) is 158 cm³/mol. The molecule has 1 aliphatic carbocycles. The molecule has 0 spiro atoms. The van der Waals surface area contributed by atoms with Crippen LogP contribution in [0.3, 0.4) is 0 Å². The van der Waals surface area contributed by atoms with E-state index < -0.39 is 0 Å². The van der Waals surface area contributed by atoms with E-state index in [1.807, 2.05) is 0 Å². The second kappa shape index (κ2) is 11.1. The zero-order valence-electron chi connectivity index (χ0n) is 23.8. The largest absolute Gasteiger partial charge is 0.368 e. The Morgan fingerprint density at radius 2 is 1.95 bits per heavy atom. The van der Waals surface area contributed by atoms with Crippen molar-refractivity contribution in [3.8, 4) is 6.07 Å². The summed E-state index contributed by atoms with van der Waals surface area (Å²) in [5.74, 6) is 1.72. The first kappa shape index (κ1) is 26.6. The number of amides is 1. The number of aromatic nitrogens is 2. The van der Waals surface area contributed by atoms with Crippen LogP contribution in [0.4, 0.5) is 17.5 Å². The lowest BCUT2D eigenvalue weighted by molar-refractivity contribution is -0.128. The Morgan fingerprint density at radius 3 is 2.73 bits per heavy atom. The Bertz CT molecular complexity index is 1320. The van der Waals surface area contributed by atoms with Crippen LogP contribution in [-0.2, 0) is 24.1 Å². The van der Waals surface area contributed by atoms with Crippen LogP contribution in [0.1, 0.15) is 36.1 Å². The van der Waals surface area contributed by atoms with E-state index >= 15 is 0 Å². The van der Waals surface area contributed by atoms with E-state index in [1.165, 1.54) is 22.9 Å². The number of nitrogens with zero attached hydrogens (tertiary/aromatic N) is 8. The average molecular weight is 541 g/mol. The lowest BCUT2D eigenvalue weighted by Gasteiger charge is -2.42. The maximum atomic E-state index is 12.5. The summed E-state index contributed by atoms with van der Waals surface area (Å²) in [5, 5.41) is 9.53. The van der Waals surface area contributed by atoms with Crippen LogP contribution in [0.2, 0.25) is 0 Å². The summed E-state index contributed by atoms with van der Waals surface area (Å²) in [5.41, 5.74) is 5.23. The molecule has 6 rings (SSSR count). The molecule has 3 atom stereocenters. The summed E-state index contributed by atoms with van der Waals surface area (Å²) in [6.45, 7) is 8.45. The third-order valence-electron chi connectivity index (χ3n) is 9.32. The minimum atomic E-state index is -0.180. The Morgan fingerprint density at radius 1 is 1.10 bits per heavy atom. The van der Waals surface area contributed by atoms with Gasteiger partial charge in [-0.1, -0.05) is 24.8 Å². The first-order valence-corrected chi connectivity index (χ1v) is 14.7. The van der Waals surface area contributed by atoms with Crippen LogP contribution in [0, 0.1) is 11.3 Å². The van der Waals surface area contributed by atoms with Crippen molar-refractivity contribution in [1.29, 1.82) is 5.26 Å². The molecule has 1 aromatic carbocycles. The molecule has 0 radical (unpaired) electrons. The Balaban J connectivity index is 1.33. The number of hydrogen-bond acceptors (Lipinski definition) is 8. The Kier molecular flexibility index (Phi) is 7.37. The molecule has 3 aliphatic heterocycles. The second-order valence-corrected chi connectivity index (χ2v) is 11.8. The summed E-state index contributed by atoms with van der Waals surface area (Å²) in [4.78, 5) is 34.3. The number of carbonyl (C=O) groups excluding carboxylic acids is 1. The van der Waals surface area contributed by atoms with Crippen molar-refractivity contribution in [2.45, 2.75) is 56.7 Å². The molecule has 4 aliphatic rings. The van der Waals surface area contributed by atoms with Crippen LogP contribution in [-0.4, -0.2) is 97.2 Å². The monoisotopic (exact) mass is 540 g/mol. The molecule has 9 heteroatoms. The third kappa shape index (κ3) is 4.90. The number of fused-ring (bicyclic) bond motifs is 2. The summed E-state index contributed by atoms with van der Waals surface area (Å²) in [6, 6.07) is 11.8. The van der Waals surface area contributed by atoms with Gasteiger partial charge in [0.2, 0.25) is 11.9 Å². The highest BCUT2D eigenvalue weighted by Crippen LogP contribution is 2.37. The van der Waals surface area contributed by atoms with Crippen molar-refractivity contribution in [2.75, 3.05) is 68.1 Å². The van der Waals surface area contributed by atoms with E-state index in [-0.39, 0.29) is 11.9 Å². The summed E-state index contributed by atoms with van der Waals surface area (Å²) < 4.78 is 0. The normalized spacial score (nSPS) is 24.2. The number of para-hydroxylation sites is 1. The number of likely N-dealkylation sites (N-methyl/N-ethyl adjacent to an activating group) is 1. The molecule has 3 unspecified atom stereocenters. The lowest BCUT2D eigenvalue weighted by Crippen LogP contribution is -2.55. The number of hydrogen-bond donors (Lipinski definition) is 0. The molecular formula is C31H40N8O. The van der Waals surface area contributed by atoms with Gasteiger partial charge in [-0.15, -0.1) is 0 Å². The second-order valence-electron chi connectivity index (χ2n) is 11.8. The highest BCUT2D eigenvalue weighted by atomic mass is 16.2. The molecule has 2 saturated heterocycles. The van der Waals surface area contributed by atoms with E-state index in [0.29, 0.717) is 38.1 Å². The minimum Gasteiger partial charge on any atom is -0.368 e. The van der Waals surface area contributed by atoms with Gasteiger partial charge in [0.25, 0.3) is 0 Å². The highest BCUT2D eigenvalue weighted by molar-refractivity contribution is 5.87. The van der Waals surface area contributed by atoms with Gasteiger partial charge < -0.3 is 24.5 Å². The number of rotatable bonds is 6. The summed E-state index contributed by atoms with van der Waals surface area (Å²) >= 11 is 0. The van der Waals surface area contributed by atoms with Crippen molar-refractivity contribution < 1.29 is 4.79 Å². The van der Waals surface area contributed by atoms with Crippen molar-refractivity contribution >= 4 is 23.4 Å². The molecule has 2 fully saturated rings. The number of piperazine rings is 1. The number of nitriles is 1. The first-order chi connectivity index (χ1) is 19.5. The quantitative estimate of drug-likeness (QED) is 0.518. The van der Waals surface area contributed by atoms with Gasteiger partial charge in [-0.3, -0.25) is 4.79 Å². The van der Waals surface area contributed by atoms with Gasteiger partial charge in [0.05, 0.1) is 24.2 Å². The van der Waals surface area contributed by atoms with Gasteiger partial charge in [-0.05, 0) is 57.5 Å². The molecule has 2 aromatic rings. The van der Waals surface area contributed by atoms with Crippen molar-refractivity contribution in [2.24, 2.45) is 0 Å². The van der Waals surface area contributed by atoms with Crippen LogP contribution in [0.25, 0.3) is 0 Å². The summed E-state index contributed by atoms with van der Waals surface area (Å²) in [6.07, 6.45) is 6.77. The number of anilines is 3. The van der Waals surface area contributed by atoms with E-state index in [2.05, 4.69) is 70.6 Å². The molecule has 9 nitrogen and oxygen atoms in total. The van der Waals surface area contributed by atoms with Gasteiger partial charge >= 0.3 is 0 Å². The lowest BCUT2D eigenvalue weighted by atomic mass is 9.90. The van der Waals surface area contributed by atoms with Crippen molar-refractivity contribution in [1.82, 2.24) is 19.8 Å².